The lowest BCUT2D eigenvalue weighted by molar-refractivity contribution is 0.0767. The van der Waals surface area contributed by atoms with Gasteiger partial charge in [-0.1, -0.05) is 0 Å². The van der Waals surface area contributed by atoms with Crippen LogP contribution >= 0.6 is 15.9 Å². The average Bonchev–Trinajstić information content (AvgIpc) is 2.96. The number of hydrogen-bond donors (Lipinski definition) is 1. The van der Waals surface area contributed by atoms with Crippen LogP contribution in [0, 0.1) is 5.82 Å². The van der Waals surface area contributed by atoms with Crippen LogP contribution in [-0.2, 0) is 19.5 Å². The van der Waals surface area contributed by atoms with E-state index in [1.165, 1.54) is 26.7 Å². The highest BCUT2D eigenvalue weighted by Gasteiger charge is 2.34. The molecule has 3 amide bonds. The molecule has 2 aliphatic rings. The van der Waals surface area contributed by atoms with Gasteiger partial charge < -0.3 is 15.1 Å². The number of nitrogens with zero attached hydrogens (tertiary/aromatic N) is 5. The Kier molecular flexibility index (Phi) is 4.77. The molecule has 2 aromatic rings. The van der Waals surface area contributed by atoms with E-state index in [-0.39, 0.29) is 35.8 Å². The Hall–Kier alpha value is -2.56. The molecule has 0 saturated carbocycles. The summed E-state index contributed by atoms with van der Waals surface area (Å²) >= 11 is 2.98. The fourth-order valence-electron chi connectivity index (χ4n) is 3.49. The molecule has 4 heterocycles. The Morgan fingerprint density at radius 1 is 1.39 bits per heavy atom. The van der Waals surface area contributed by atoms with Gasteiger partial charge in [-0.05, 0) is 22.0 Å². The van der Waals surface area contributed by atoms with Crippen LogP contribution in [0.25, 0.3) is 0 Å². The highest BCUT2D eigenvalue weighted by molar-refractivity contribution is 9.10. The number of urea groups is 1. The zero-order valence-corrected chi connectivity index (χ0v) is 16.5. The summed E-state index contributed by atoms with van der Waals surface area (Å²) in [6.45, 7) is 0.491. The monoisotopic (exact) mass is 454 g/mol. The number of carbonyl (C=O) groups is 2. The Morgan fingerprint density at radius 3 is 2.96 bits per heavy atom. The molecule has 28 heavy (non-hydrogen) atoms. The van der Waals surface area contributed by atoms with Gasteiger partial charge in [-0.2, -0.15) is 5.10 Å². The van der Waals surface area contributed by atoms with Crippen LogP contribution in [0.2, 0.25) is 0 Å². The second-order valence-electron chi connectivity index (χ2n) is 6.80. The maximum absolute atomic E-state index is 14.1. The number of rotatable bonds is 1. The molecule has 2 aromatic heterocycles. The molecule has 0 aliphatic carbocycles. The van der Waals surface area contributed by atoms with Crippen molar-refractivity contribution >= 4 is 33.6 Å². The number of halogens is 3. The van der Waals surface area contributed by atoms with Crippen LogP contribution in [0.3, 0.4) is 0 Å². The van der Waals surface area contributed by atoms with Gasteiger partial charge in [-0.3, -0.25) is 9.48 Å². The summed E-state index contributed by atoms with van der Waals surface area (Å²) in [7, 11) is 1.54. The second-order valence-corrected chi connectivity index (χ2v) is 7.56. The first-order valence-electron chi connectivity index (χ1n) is 8.69. The molecule has 0 aromatic carbocycles. The standard InChI is InChI=1S/C17H17BrF2N6O2/c1-24-6-9(19)7-26-14(16(24)27)10-8-25(5-3-11(10)23-26)17(28)22-12-2-4-21-15(18)13(12)20/h2,4,9H,3,5-8H2,1H3,(H,21,22,28). The summed E-state index contributed by atoms with van der Waals surface area (Å²) in [6.07, 6.45) is 0.597. The number of pyridine rings is 1. The molecule has 0 radical (unpaired) electrons. The van der Waals surface area contributed by atoms with Gasteiger partial charge in [0.25, 0.3) is 5.91 Å². The summed E-state index contributed by atoms with van der Waals surface area (Å²) in [4.78, 5) is 31.9. The third kappa shape index (κ3) is 3.23. The normalized spacial score (nSPS) is 19.1. The van der Waals surface area contributed by atoms with Gasteiger partial charge >= 0.3 is 6.03 Å². The van der Waals surface area contributed by atoms with Gasteiger partial charge in [0.2, 0.25) is 0 Å². The van der Waals surface area contributed by atoms with Gasteiger partial charge in [0, 0.05) is 31.8 Å². The van der Waals surface area contributed by atoms with Crippen molar-refractivity contribution in [2.75, 3.05) is 25.5 Å². The quantitative estimate of drug-likeness (QED) is 0.669. The number of amides is 3. The Labute approximate surface area is 167 Å². The molecule has 1 N–H and O–H groups in total. The highest BCUT2D eigenvalue weighted by atomic mass is 79.9. The van der Waals surface area contributed by atoms with Crippen molar-refractivity contribution in [2.24, 2.45) is 0 Å². The third-order valence-electron chi connectivity index (χ3n) is 4.87. The third-order valence-corrected chi connectivity index (χ3v) is 5.42. The maximum Gasteiger partial charge on any atom is 0.322 e. The van der Waals surface area contributed by atoms with Gasteiger partial charge in [0.15, 0.2) is 5.82 Å². The van der Waals surface area contributed by atoms with Gasteiger partial charge in [-0.25, -0.2) is 18.6 Å². The van der Waals surface area contributed by atoms with E-state index in [9.17, 15) is 18.4 Å². The average molecular weight is 455 g/mol. The molecule has 0 saturated heterocycles. The van der Waals surface area contributed by atoms with Crippen LogP contribution in [-0.4, -0.2) is 62.8 Å². The SMILES string of the molecule is CN1CC(F)Cn2nc3c(c2C1=O)CN(C(=O)Nc1ccnc(Br)c1F)CC3. The van der Waals surface area contributed by atoms with E-state index >= 15 is 0 Å². The van der Waals surface area contributed by atoms with Crippen molar-refractivity contribution < 1.29 is 18.4 Å². The number of aromatic nitrogens is 3. The molecular weight excluding hydrogens is 438 g/mol. The Bertz CT molecular complexity index is 965. The Morgan fingerprint density at radius 2 is 2.18 bits per heavy atom. The molecule has 148 valence electrons. The zero-order chi connectivity index (χ0) is 20.0. The van der Waals surface area contributed by atoms with E-state index in [0.29, 0.717) is 29.9 Å². The van der Waals surface area contributed by atoms with Crippen LogP contribution in [0.5, 0.6) is 0 Å². The van der Waals surface area contributed by atoms with Crippen LogP contribution in [0.15, 0.2) is 16.9 Å². The fourth-order valence-corrected chi connectivity index (χ4v) is 3.82. The molecule has 1 atom stereocenters. The molecule has 0 fully saturated rings. The first-order chi connectivity index (χ1) is 13.3. The minimum absolute atomic E-state index is 0.000856. The van der Waals surface area contributed by atoms with Gasteiger partial charge in [0.1, 0.15) is 16.5 Å². The number of anilines is 1. The van der Waals surface area contributed by atoms with E-state index < -0.39 is 18.0 Å². The van der Waals surface area contributed by atoms with E-state index in [2.05, 4.69) is 31.3 Å². The molecule has 4 rings (SSSR count). The Balaban J connectivity index is 1.59. The number of carbonyl (C=O) groups excluding carboxylic acids is 2. The summed E-state index contributed by atoms with van der Waals surface area (Å²) in [5, 5.41) is 6.91. The predicted octanol–water partition coefficient (Wildman–Crippen LogP) is 2.19. The minimum Gasteiger partial charge on any atom is -0.337 e. The fraction of sp³-hybridized carbons (Fsp3) is 0.412. The van der Waals surface area contributed by atoms with Crippen molar-refractivity contribution in [1.29, 1.82) is 0 Å². The molecule has 2 aliphatic heterocycles. The second kappa shape index (κ2) is 7.12. The van der Waals surface area contributed by atoms with Crippen molar-refractivity contribution in [1.82, 2.24) is 24.6 Å². The first kappa shape index (κ1) is 18.8. The number of hydrogen-bond acceptors (Lipinski definition) is 4. The number of alkyl halides is 1. The summed E-state index contributed by atoms with van der Waals surface area (Å²) in [5.74, 6) is -0.987. The molecule has 1 unspecified atom stereocenters. The molecule has 11 heteroatoms. The lowest BCUT2D eigenvalue weighted by Crippen LogP contribution is -2.40. The topological polar surface area (TPSA) is 83.4 Å². The van der Waals surface area contributed by atoms with Crippen molar-refractivity contribution in [3.8, 4) is 0 Å². The lowest BCUT2D eigenvalue weighted by atomic mass is 10.0. The van der Waals surface area contributed by atoms with E-state index in [1.807, 2.05) is 0 Å². The summed E-state index contributed by atoms with van der Waals surface area (Å²) < 4.78 is 29.5. The first-order valence-corrected chi connectivity index (χ1v) is 9.48. The number of fused-ring (bicyclic) bond motifs is 3. The number of nitrogens with one attached hydrogen (secondary N) is 1. The van der Waals surface area contributed by atoms with Crippen LogP contribution in [0.4, 0.5) is 19.3 Å². The van der Waals surface area contributed by atoms with Crippen LogP contribution in [0.1, 0.15) is 21.7 Å². The maximum atomic E-state index is 14.1. The smallest absolute Gasteiger partial charge is 0.322 e. The highest BCUT2D eigenvalue weighted by Crippen LogP contribution is 2.27. The van der Waals surface area contributed by atoms with E-state index in [1.54, 1.807) is 7.05 Å². The van der Waals surface area contributed by atoms with Crippen molar-refractivity contribution in [3.63, 3.8) is 0 Å². The summed E-state index contributed by atoms with van der Waals surface area (Å²) in [6, 6.07) is 0.861. The largest absolute Gasteiger partial charge is 0.337 e. The lowest BCUT2D eigenvalue weighted by Gasteiger charge is -2.27. The van der Waals surface area contributed by atoms with Crippen LogP contribution < -0.4 is 5.32 Å². The molecule has 8 nitrogen and oxygen atoms in total. The molecule has 0 spiro atoms. The predicted molar refractivity (Wildman–Crippen MR) is 99.1 cm³/mol. The van der Waals surface area contributed by atoms with E-state index in [0.717, 1.165) is 0 Å². The molecule has 0 bridgehead atoms. The van der Waals surface area contributed by atoms with E-state index in [4.69, 9.17) is 0 Å². The van der Waals surface area contributed by atoms with Gasteiger partial charge in [-0.15, -0.1) is 0 Å². The molecular formula is C17H17BrF2N6O2. The zero-order valence-electron chi connectivity index (χ0n) is 15.0. The van der Waals surface area contributed by atoms with Gasteiger partial charge in [0.05, 0.1) is 31.0 Å². The van der Waals surface area contributed by atoms with Crippen molar-refractivity contribution in [3.05, 3.63) is 39.6 Å². The minimum atomic E-state index is -1.20. The summed E-state index contributed by atoms with van der Waals surface area (Å²) in [5.41, 5.74) is 1.62. The van der Waals surface area contributed by atoms with Crippen molar-refractivity contribution in [2.45, 2.75) is 25.7 Å².